The number of aliphatic hydroxyl groups excluding tert-OH is 1. The molecular formula is C17H26O4. The van der Waals surface area contributed by atoms with Gasteiger partial charge < -0.3 is 19.3 Å². The normalized spacial score (nSPS) is 19.5. The zero-order valence-corrected chi connectivity index (χ0v) is 12.6. The number of ether oxygens (including phenoxy) is 3. The summed E-state index contributed by atoms with van der Waals surface area (Å²) in [6.07, 6.45) is 19.9. The molecule has 0 radical (unpaired) electrons. The van der Waals surface area contributed by atoms with Crippen LogP contribution in [0.3, 0.4) is 0 Å². The van der Waals surface area contributed by atoms with E-state index in [0.717, 1.165) is 26.1 Å². The van der Waals surface area contributed by atoms with Gasteiger partial charge in [0.25, 0.3) is 0 Å². The lowest BCUT2D eigenvalue weighted by atomic mass is 10.2. The van der Waals surface area contributed by atoms with Crippen LogP contribution in [0.4, 0.5) is 0 Å². The fraction of sp³-hybridized carbons (Fsp3) is 0.647. The summed E-state index contributed by atoms with van der Waals surface area (Å²) >= 11 is 0. The second kappa shape index (κ2) is 16.6. The predicted octanol–water partition coefficient (Wildman–Crippen LogP) is 2.48. The molecular weight excluding hydrogens is 268 g/mol. The van der Waals surface area contributed by atoms with Gasteiger partial charge in [-0.05, 0) is 38.2 Å². The molecule has 118 valence electrons. The van der Waals surface area contributed by atoms with Gasteiger partial charge in [0.2, 0.25) is 0 Å². The summed E-state index contributed by atoms with van der Waals surface area (Å²) in [6.45, 7) is 2.22. The summed E-state index contributed by atoms with van der Waals surface area (Å²) in [5, 5.41) is 7.64. The molecule has 1 unspecified atom stereocenters. The maximum absolute atomic E-state index is 7.64. The molecule has 4 heteroatoms. The highest BCUT2D eigenvalue weighted by Crippen LogP contribution is 2.13. The molecule has 1 N–H and O–H groups in total. The summed E-state index contributed by atoms with van der Waals surface area (Å²) in [5.74, 6) is 4.51. The standard InChI is InChI=1S/C9H14O2.C5H8O.C3H4O/c1-2-3-7-10-9-6-4-5-8-11-9;1-2-4-6-5-3-1;1-2-3-4/h1,9H,3-8H2;2,4H,1,3,5H2;1,4H,3H2. The van der Waals surface area contributed by atoms with Crippen molar-refractivity contribution in [1.82, 2.24) is 0 Å². The number of terminal acetylenes is 2. The van der Waals surface area contributed by atoms with E-state index in [0.29, 0.717) is 13.0 Å². The quantitative estimate of drug-likeness (QED) is 0.642. The van der Waals surface area contributed by atoms with E-state index in [-0.39, 0.29) is 12.9 Å². The monoisotopic (exact) mass is 294 g/mol. The van der Waals surface area contributed by atoms with Crippen LogP contribution in [0.15, 0.2) is 12.3 Å². The van der Waals surface area contributed by atoms with E-state index in [2.05, 4.69) is 12.3 Å². The highest BCUT2D eigenvalue weighted by Gasteiger charge is 2.12. The van der Waals surface area contributed by atoms with Crippen LogP contribution in [0.5, 0.6) is 0 Å². The maximum atomic E-state index is 7.64. The van der Waals surface area contributed by atoms with Crippen LogP contribution in [0.2, 0.25) is 0 Å². The Morgan fingerprint density at radius 2 is 2.00 bits per heavy atom. The zero-order chi connectivity index (χ0) is 15.6. The first-order valence-corrected chi connectivity index (χ1v) is 7.32. The van der Waals surface area contributed by atoms with Gasteiger partial charge in [-0.25, -0.2) is 0 Å². The van der Waals surface area contributed by atoms with Crippen molar-refractivity contribution in [3.8, 4) is 24.7 Å². The molecule has 2 rings (SSSR count). The molecule has 2 heterocycles. The van der Waals surface area contributed by atoms with Gasteiger partial charge >= 0.3 is 0 Å². The van der Waals surface area contributed by atoms with Gasteiger partial charge in [-0.2, -0.15) is 0 Å². The van der Waals surface area contributed by atoms with E-state index >= 15 is 0 Å². The number of rotatable bonds is 3. The number of hydrogen-bond acceptors (Lipinski definition) is 4. The summed E-state index contributed by atoms with van der Waals surface area (Å²) in [6, 6.07) is 0. The van der Waals surface area contributed by atoms with Crippen LogP contribution in [-0.4, -0.2) is 37.8 Å². The molecule has 2 aliphatic rings. The third-order valence-corrected chi connectivity index (χ3v) is 2.60. The molecule has 1 atom stereocenters. The Kier molecular flexibility index (Phi) is 15.4. The minimum atomic E-state index is -0.153. The van der Waals surface area contributed by atoms with Crippen molar-refractivity contribution in [3.05, 3.63) is 12.3 Å². The van der Waals surface area contributed by atoms with Crippen molar-refractivity contribution < 1.29 is 19.3 Å². The molecule has 21 heavy (non-hydrogen) atoms. The van der Waals surface area contributed by atoms with Gasteiger partial charge in [-0.15, -0.1) is 18.8 Å². The lowest BCUT2D eigenvalue weighted by Gasteiger charge is -2.22. The van der Waals surface area contributed by atoms with Crippen LogP contribution >= 0.6 is 0 Å². The molecule has 1 fully saturated rings. The van der Waals surface area contributed by atoms with Crippen molar-refractivity contribution in [2.45, 2.75) is 44.8 Å². The Morgan fingerprint density at radius 1 is 1.19 bits per heavy atom. The fourth-order valence-electron chi connectivity index (χ4n) is 1.58. The molecule has 1 saturated heterocycles. The Hall–Kier alpha value is -1.46. The summed E-state index contributed by atoms with van der Waals surface area (Å²) in [5.41, 5.74) is 0. The second-order valence-electron chi connectivity index (χ2n) is 4.37. The van der Waals surface area contributed by atoms with Gasteiger partial charge in [-0.1, -0.05) is 5.92 Å². The van der Waals surface area contributed by atoms with Crippen molar-refractivity contribution in [3.63, 3.8) is 0 Å². The van der Waals surface area contributed by atoms with Crippen molar-refractivity contribution in [2.24, 2.45) is 0 Å². The van der Waals surface area contributed by atoms with Gasteiger partial charge in [0.1, 0.15) is 6.61 Å². The average Bonchev–Trinajstić information content (AvgIpc) is 2.58. The third kappa shape index (κ3) is 14.8. The van der Waals surface area contributed by atoms with E-state index in [9.17, 15) is 0 Å². The van der Waals surface area contributed by atoms with E-state index < -0.39 is 0 Å². The van der Waals surface area contributed by atoms with Gasteiger partial charge in [0, 0.05) is 13.0 Å². The largest absolute Gasteiger partial charge is 0.502 e. The van der Waals surface area contributed by atoms with Gasteiger partial charge in [-0.3, -0.25) is 0 Å². The average molecular weight is 294 g/mol. The Labute approximate surface area is 128 Å². The van der Waals surface area contributed by atoms with Crippen LogP contribution < -0.4 is 0 Å². The molecule has 0 aliphatic carbocycles. The van der Waals surface area contributed by atoms with Gasteiger partial charge in [0.05, 0.1) is 19.5 Å². The molecule has 0 aromatic carbocycles. The molecule has 2 aliphatic heterocycles. The lowest BCUT2D eigenvalue weighted by Crippen LogP contribution is -2.22. The van der Waals surface area contributed by atoms with Crippen molar-refractivity contribution >= 4 is 0 Å². The first-order chi connectivity index (χ1) is 10.3. The SMILES string of the molecule is C#CCCOC1CCCCO1.C#CCO.C1=COCCC1. The number of hydrogen-bond donors (Lipinski definition) is 1. The molecule has 0 saturated carbocycles. The van der Waals surface area contributed by atoms with Crippen LogP contribution in [0.1, 0.15) is 38.5 Å². The minimum Gasteiger partial charge on any atom is -0.502 e. The van der Waals surface area contributed by atoms with E-state index in [1.165, 1.54) is 19.3 Å². The third-order valence-electron chi connectivity index (χ3n) is 2.60. The Morgan fingerprint density at radius 3 is 2.38 bits per heavy atom. The van der Waals surface area contributed by atoms with Gasteiger partial charge in [0.15, 0.2) is 6.29 Å². The molecule has 0 aromatic heterocycles. The Bertz CT molecular complexity index is 311. The first-order valence-electron chi connectivity index (χ1n) is 7.32. The van der Waals surface area contributed by atoms with Crippen LogP contribution in [0, 0.1) is 24.7 Å². The minimum absolute atomic E-state index is 0.0112. The van der Waals surface area contributed by atoms with Crippen LogP contribution in [-0.2, 0) is 14.2 Å². The lowest BCUT2D eigenvalue weighted by molar-refractivity contribution is -0.161. The number of aliphatic hydroxyl groups is 1. The molecule has 0 spiro atoms. The fourth-order valence-corrected chi connectivity index (χ4v) is 1.58. The smallest absolute Gasteiger partial charge is 0.157 e. The summed E-state index contributed by atoms with van der Waals surface area (Å²) < 4.78 is 15.6. The van der Waals surface area contributed by atoms with E-state index in [4.69, 9.17) is 25.7 Å². The predicted molar refractivity (Wildman–Crippen MR) is 83.2 cm³/mol. The van der Waals surface area contributed by atoms with Crippen molar-refractivity contribution in [1.29, 1.82) is 0 Å². The van der Waals surface area contributed by atoms with E-state index in [1.54, 1.807) is 6.26 Å². The van der Waals surface area contributed by atoms with Crippen LogP contribution in [0.25, 0.3) is 0 Å². The van der Waals surface area contributed by atoms with Crippen molar-refractivity contribution in [2.75, 3.05) is 26.4 Å². The first kappa shape index (κ1) is 19.5. The number of allylic oxidation sites excluding steroid dienone is 1. The molecule has 0 bridgehead atoms. The highest BCUT2D eigenvalue weighted by atomic mass is 16.7. The topological polar surface area (TPSA) is 47.9 Å². The van der Waals surface area contributed by atoms with E-state index in [1.807, 2.05) is 12.0 Å². The summed E-state index contributed by atoms with van der Waals surface area (Å²) in [7, 11) is 0. The maximum Gasteiger partial charge on any atom is 0.157 e. The highest BCUT2D eigenvalue weighted by molar-refractivity contribution is 4.82. The molecule has 0 amide bonds. The Balaban J connectivity index is 0.000000335. The summed E-state index contributed by atoms with van der Waals surface area (Å²) in [4.78, 5) is 0. The molecule has 0 aromatic rings. The zero-order valence-electron chi connectivity index (χ0n) is 12.6. The molecule has 4 nitrogen and oxygen atoms in total. The second-order valence-corrected chi connectivity index (χ2v) is 4.37.